The molecule has 1 atom stereocenters. The summed E-state index contributed by atoms with van der Waals surface area (Å²) >= 11 is 0. The van der Waals surface area contributed by atoms with Crippen molar-refractivity contribution < 1.29 is 4.79 Å². The normalized spacial score (nSPS) is 20.1. The van der Waals surface area contributed by atoms with Crippen LogP contribution in [0.3, 0.4) is 0 Å². The smallest absolute Gasteiger partial charge is 0.241 e. The van der Waals surface area contributed by atoms with E-state index in [2.05, 4.69) is 29.2 Å². The molecular weight excluding hydrogens is 242 g/mol. The molecule has 6 nitrogen and oxygen atoms in total. The molecule has 3 N–H and O–H groups in total. The molecule has 1 amide bonds. The summed E-state index contributed by atoms with van der Waals surface area (Å²) in [6, 6.07) is 2.28. The van der Waals surface area contributed by atoms with Crippen molar-refractivity contribution in [2.45, 2.75) is 32.9 Å². The molecule has 0 saturated carbocycles. The van der Waals surface area contributed by atoms with Crippen LogP contribution in [0, 0.1) is 5.92 Å². The predicted molar refractivity (Wildman–Crippen MR) is 74.5 cm³/mol. The Kier molecular flexibility index (Phi) is 4.42. The molecule has 1 unspecified atom stereocenters. The zero-order valence-corrected chi connectivity index (χ0v) is 11.7. The highest BCUT2D eigenvalue weighted by Gasteiger charge is 2.24. The quantitative estimate of drug-likeness (QED) is 0.803. The number of nitrogens with one attached hydrogen (secondary N) is 1. The summed E-state index contributed by atoms with van der Waals surface area (Å²) in [4.78, 5) is 14.2. The largest absolute Gasteiger partial charge is 0.382 e. The van der Waals surface area contributed by atoms with Gasteiger partial charge in [0.05, 0.1) is 0 Å². The molecule has 19 heavy (non-hydrogen) atoms. The van der Waals surface area contributed by atoms with Gasteiger partial charge >= 0.3 is 0 Å². The van der Waals surface area contributed by atoms with Crippen LogP contribution in [0.25, 0.3) is 0 Å². The lowest BCUT2D eigenvalue weighted by molar-refractivity contribution is -0.122. The van der Waals surface area contributed by atoms with Crippen molar-refractivity contribution in [1.29, 1.82) is 0 Å². The van der Waals surface area contributed by atoms with Crippen molar-refractivity contribution in [2.75, 3.05) is 25.4 Å². The van der Waals surface area contributed by atoms with E-state index in [1.54, 1.807) is 16.9 Å². The lowest BCUT2D eigenvalue weighted by Gasteiger charge is -2.20. The minimum Gasteiger partial charge on any atom is -0.382 e. The zero-order valence-electron chi connectivity index (χ0n) is 11.7. The molecule has 1 aliphatic rings. The summed E-state index contributed by atoms with van der Waals surface area (Å²) in [6.07, 6.45) is 2.87. The fourth-order valence-electron chi connectivity index (χ4n) is 2.42. The molecule has 2 heterocycles. The number of nitrogens with zero attached hydrogens (tertiary/aromatic N) is 3. The van der Waals surface area contributed by atoms with E-state index >= 15 is 0 Å². The number of likely N-dealkylation sites (tertiary alicyclic amines) is 1. The van der Waals surface area contributed by atoms with Crippen LogP contribution in [0.15, 0.2) is 12.3 Å². The Morgan fingerprint density at radius 3 is 3.00 bits per heavy atom. The first-order chi connectivity index (χ1) is 9.04. The molecular formula is C13H23N5O. The molecule has 0 aromatic carbocycles. The van der Waals surface area contributed by atoms with E-state index in [-0.39, 0.29) is 12.5 Å². The maximum atomic E-state index is 11.8. The predicted octanol–water partition coefficient (Wildman–Crippen LogP) is 0.312. The first-order valence-corrected chi connectivity index (χ1v) is 6.84. The number of hydrogen-bond donors (Lipinski definition) is 2. The van der Waals surface area contributed by atoms with Gasteiger partial charge in [-0.05, 0) is 38.8 Å². The number of carbonyl (C=O) groups excluding carboxylic acids is 1. The summed E-state index contributed by atoms with van der Waals surface area (Å²) in [5.41, 5.74) is 5.50. The van der Waals surface area contributed by atoms with Crippen LogP contribution in [0.2, 0.25) is 0 Å². The number of carbonyl (C=O) groups is 1. The summed E-state index contributed by atoms with van der Waals surface area (Å²) in [7, 11) is 0. The van der Waals surface area contributed by atoms with E-state index in [0.29, 0.717) is 17.8 Å². The second-order valence-electron chi connectivity index (χ2n) is 5.49. The van der Waals surface area contributed by atoms with Crippen molar-refractivity contribution in [1.82, 2.24) is 20.0 Å². The van der Waals surface area contributed by atoms with Crippen LogP contribution >= 0.6 is 0 Å². The molecule has 1 saturated heterocycles. The molecule has 106 valence electrons. The van der Waals surface area contributed by atoms with Gasteiger partial charge in [-0.2, -0.15) is 5.10 Å². The third kappa shape index (κ3) is 3.96. The van der Waals surface area contributed by atoms with Crippen LogP contribution < -0.4 is 11.1 Å². The van der Waals surface area contributed by atoms with E-state index < -0.39 is 0 Å². The van der Waals surface area contributed by atoms with Gasteiger partial charge in [-0.15, -0.1) is 0 Å². The van der Waals surface area contributed by atoms with Gasteiger partial charge in [-0.3, -0.25) is 9.48 Å². The van der Waals surface area contributed by atoms with Gasteiger partial charge in [0.15, 0.2) is 0 Å². The maximum absolute atomic E-state index is 11.8. The van der Waals surface area contributed by atoms with Crippen molar-refractivity contribution >= 4 is 11.7 Å². The Bertz CT molecular complexity index is 428. The standard InChI is InChI=1S/C13H23N5O/c1-10(2)17-5-3-11(8-17)7-15-13(19)9-18-6-4-12(14)16-18/h4,6,10-11H,3,5,7-9H2,1-2H3,(H2,14,16)(H,15,19). The lowest BCUT2D eigenvalue weighted by Crippen LogP contribution is -2.34. The maximum Gasteiger partial charge on any atom is 0.241 e. The second-order valence-corrected chi connectivity index (χ2v) is 5.49. The van der Waals surface area contributed by atoms with Gasteiger partial charge in [0.25, 0.3) is 0 Å². The van der Waals surface area contributed by atoms with Gasteiger partial charge in [0.2, 0.25) is 5.91 Å². The third-order valence-corrected chi connectivity index (χ3v) is 3.60. The minimum atomic E-state index is -0.00824. The van der Waals surface area contributed by atoms with Crippen molar-refractivity contribution in [3.63, 3.8) is 0 Å². The molecule has 1 aromatic rings. The average Bonchev–Trinajstić information content (AvgIpc) is 2.96. The molecule has 0 spiro atoms. The molecule has 2 rings (SSSR count). The van der Waals surface area contributed by atoms with Crippen molar-refractivity contribution in [2.24, 2.45) is 5.92 Å². The van der Waals surface area contributed by atoms with Gasteiger partial charge in [-0.25, -0.2) is 0 Å². The molecule has 1 aromatic heterocycles. The zero-order chi connectivity index (χ0) is 13.8. The number of anilines is 1. The summed E-state index contributed by atoms with van der Waals surface area (Å²) < 4.78 is 1.56. The van der Waals surface area contributed by atoms with Gasteiger partial charge in [0.1, 0.15) is 12.4 Å². The summed E-state index contributed by atoms with van der Waals surface area (Å²) in [6.45, 7) is 7.61. The molecule has 0 radical (unpaired) electrons. The monoisotopic (exact) mass is 265 g/mol. The van der Waals surface area contributed by atoms with Gasteiger partial charge in [0, 0.05) is 25.3 Å². The first-order valence-electron chi connectivity index (χ1n) is 6.84. The topological polar surface area (TPSA) is 76.2 Å². The van der Waals surface area contributed by atoms with E-state index in [1.165, 1.54) is 0 Å². The highest BCUT2D eigenvalue weighted by molar-refractivity contribution is 5.75. The molecule has 1 aliphatic heterocycles. The van der Waals surface area contributed by atoms with Crippen LogP contribution in [0.1, 0.15) is 20.3 Å². The Hall–Kier alpha value is -1.56. The molecule has 1 fully saturated rings. The van der Waals surface area contributed by atoms with Crippen LogP contribution in [0.5, 0.6) is 0 Å². The summed E-state index contributed by atoms with van der Waals surface area (Å²) in [5.74, 6) is 0.997. The Balaban J connectivity index is 1.70. The Labute approximate surface area is 113 Å². The lowest BCUT2D eigenvalue weighted by atomic mass is 10.1. The van der Waals surface area contributed by atoms with Crippen molar-refractivity contribution in [3.8, 4) is 0 Å². The number of hydrogen-bond acceptors (Lipinski definition) is 4. The number of nitrogens with two attached hydrogens (primary N) is 1. The SMILES string of the molecule is CC(C)N1CCC(CNC(=O)Cn2ccc(N)n2)C1. The average molecular weight is 265 g/mol. The number of aromatic nitrogens is 2. The van der Waals surface area contributed by atoms with Gasteiger partial charge in [-0.1, -0.05) is 0 Å². The van der Waals surface area contributed by atoms with Crippen LogP contribution in [0.4, 0.5) is 5.82 Å². The minimum absolute atomic E-state index is 0.00824. The van der Waals surface area contributed by atoms with E-state index in [4.69, 9.17) is 5.73 Å². The Morgan fingerprint density at radius 1 is 1.63 bits per heavy atom. The first kappa shape index (κ1) is 13.9. The summed E-state index contributed by atoms with van der Waals surface area (Å²) in [5, 5.41) is 6.97. The molecule has 0 bridgehead atoms. The van der Waals surface area contributed by atoms with Crippen LogP contribution in [-0.2, 0) is 11.3 Å². The fraction of sp³-hybridized carbons (Fsp3) is 0.692. The highest BCUT2D eigenvalue weighted by Crippen LogP contribution is 2.17. The number of rotatable bonds is 5. The number of amides is 1. The van der Waals surface area contributed by atoms with E-state index in [1.807, 2.05) is 0 Å². The highest BCUT2D eigenvalue weighted by atomic mass is 16.2. The molecule has 0 aliphatic carbocycles. The van der Waals surface area contributed by atoms with Gasteiger partial charge < -0.3 is 16.0 Å². The fourth-order valence-corrected chi connectivity index (χ4v) is 2.42. The Morgan fingerprint density at radius 2 is 2.42 bits per heavy atom. The van der Waals surface area contributed by atoms with E-state index in [9.17, 15) is 4.79 Å². The second kappa shape index (κ2) is 6.06. The third-order valence-electron chi connectivity index (χ3n) is 3.60. The molecule has 6 heteroatoms. The van der Waals surface area contributed by atoms with Crippen molar-refractivity contribution in [3.05, 3.63) is 12.3 Å². The van der Waals surface area contributed by atoms with Crippen LogP contribution in [-0.4, -0.2) is 46.3 Å². The number of nitrogen functional groups attached to an aromatic ring is 1. The van der Waals surface area contributed by atoms with E-state index in [0.717, 1.165) is 26.1 Å².